The van der Waals surface area contributed by atoms with Gasteiger partial charge in [-0.05, 0) is 43.3 Å². The Labute approximate surface area is 129 Å². The zero-order chi connectivity index (χ0) is 15.0. The maximum Gasteiger partial charge on any atom is 0.202 e. The molecule has 0 aliphatic carbocycles. The lowest BCUT2D eigenvalue weighted by molar-refractivity contribution is 0.103. The highest BCUT2D eigenvalue weighted by Gasteiger charge is 2.15. The third-order valence-electron chi connectivity index (χ3n) is 3.23. The van der Waals surface area contributed by atoms with Crippen LogP contribution in [0.25, 0.3) is 11.0 Å². The third-order valence-corrected chi connectivity index (χ3v) is 3.76. The van der Waals surface area contributed by atoms with Crippen LogP contribution in [-0.4, -0.2) is 15.8 Å². The first-order chi connectivity index (χ1) is 10.1. The van der Waals surface area contributed by atoms with Gasteiger partial charge in [0.2, 0.25) is 5.43 Å². The maximum absolute atomic E-state index is 12.4. The predicted octanol–water partition coefficient (Wildman–Crippen LogP) is 3.23. The average molecular weight is 343 g/mol. The highest BCUT2D eigenvalue weighted by molar-refractivity contribution is 9.10. The summed E-state index contributed by atoms with van der Waals surface area (Å²) in [5.41, 5.74) is 1.60. The molecule has 0 saturated carbocycles. The van der Waals surface area contributed by atoms with Crippen LogP contribution in [0.2, 0.25) is 0 Å². The predicted molar refractivity (Wildman–Crippen MR) is 84.7 cm³/mol. The van der Waals surface area contributed by atoms with E-state index in [1.165, 1.54) is 6.20 Å². The van der Waals surface area contributed by atoms with Crippen molar-refractivity contribution in [3.63, 3.8) is 0 Å². The summed E-state index contributed by atoms with van der Waals surface area (Å²) in [6, 6.07) is 10.4. The molecule has 3 aromatic rings. The van der Waals surface area contributed by atoms with Gasteiger partial charge in [-0.25, -0.2) is 4.98 Å². The molecule has 1 N–H and O–H groups in total. The number of fused-ring (bicyclic) bond motifs is 1. The van der Waals surface area contributed by atoms with Crippen molar-refractivity contribution in [3.8, 4) is 0 Å². The van der Waals surface area contributed by atoms with Gasteiger partial charge >= 0.3 is 0 Å². The number of halogens is 1. The lowest BCUT2D eigenvalue weighted by Gasteiger charge is -2.03. The summed E-state index contributed by atoms with van der Waals surface area (Å²) < 4.78 is 0.881. The molecule has 0 saturated heterocycles. The molecule has 4 nitrogen and oxygen atoms in total. The average Bonchev–Trinajstić information content (AvgIpc) is 2.47. The van der Waals surface area contributed by atoms with Gasteiger partial charge in [-0.15, -0.1) is 0 Å². The standard InChI is InChI=1S/C16H11BrN2O2/c1-9-2-7-12-15(21)13(8-18-16(12)19-9)14(20)10-3-5-11(17)6-4-10/h2-8H,1H3,(H,18,19,21). The van der Waals surface area contributed by atoms with E-state index in [9.17, 15) is 9.59 Å². The van der Waals surface area contributed by atoms with Crippen LogP contribution in [0.15, 0.2) is 51.9 Å². The summed E-state index contributed by atoms with van der Waals surface area (Å²) in [5.74, 6) is -0.300. The molecule has 0 bridgehead atoms. The summed E-state index contributed by atoms with van der Waals surface area (Å²) in [5, 5.41) is 0.420. The minimum Gasteiger partial charge on any atom is -0.345 e. The van der Waals surface area contributed by atoms with Gasteiger partial charge in [0.15, 0.2) is 5.78 Å². The Morgan fingerprint density at radius 2 is 1.86 bits per heavy atom. The molecule has 0 unspecified atom stereocenters. The van der Waals surface area contributed by atoms with Crippen LogP contribution in [0.5, 0.6) is 0 Å². The van der Waals surface area contributed by atoms with E-state index in [0.717, 1.165) is 10.2 Å². The number of hydrogen-bond donors (Lipinski definition) is 1. The number of hydrogen-bond acceptors (Lipinski definition) is 3. The molecule has 2 aromatic heterocycles. The molecule has 5 heteroatoms. The molecule has 0 atom stereocenters. The second kappa shape index (κ2) is 5.26. The van der Waals surface area contributed by atoms with Crippen molar-refractivity contribution < 1.29 is 4.79 Å². The Morgan fingerprint density at radius 3 is 2.57 bits per heavy atom. The van der Waals surface area contributed by atoms with Crippen molar-refractivity contribution in [2.75, 3.05) is 0 Å². The van der Waals surface area contributed by atoms with E-state index < -0.39 is 0 Å². The second-order valence-electron chi connectivity index (χ2n) is 4.72. The number of carbonyl (C=O) groups is 1. The Balaban J connectivity index is 2.14. The molecule has 0 aliphatic rings. The van der Waals surface area contributed by atoms with Crippen molar-refractivity contribution in [3.05, 3.63) is 74.1 Å². The lowest BCUT2D eigenvalue weighted by atomic mass is 10.0. The van der Waals surface area contributed by atoms with Gasteiger partial charge in [0, 0.05) is 21.9 Å². The smallest absolute Gasteiger partial charge is 0.202 e. The topological polar surface area (TPSA) is 62.8 Å². The highest BCUT2D eigenvalue weighted by Crippen LogP contribution is 2.14. The lowest BCUT2D eigenvalue weighted by Crippen LogP contribution is -2.17. The Kier molecular flexibility index (Phi) is 3.43. The SMILES string of the molecule is Cc1ccc2c(=O)c(C(=O)c3ccc(Br)cc3)c[nH]c2n1. The first-order valence-electron chi connectivity index (χ1n) is 6.35. The molecular weight excluding hydrogens is 332 g/mol. The number of H-pyrrole nitrogens is 1. The fraction of sp³-hybridized carbons (Fsp3) is 0.0625. The molecular formula is C16H11BrN2O2. The largest absolute Gasteiger partial charge is 0.345 e. The first kappa shape index (κ1) is 13.7. The number of aromatic nitrogens is 2. The molecule has 0 fully saturated rings. The van der Waals surface area contributed by atoms with Crippen molar-refractivity contribution >= 4 is 32.7 Å². The van der Waals surface area contributed by atoms with Gasteiger partial charge in [0.05, 0.1) is 10.9 Å². The number of nitrogens with one attached hydrogen (secondary N) is 1. The molecule has 1 aromatic carbocycles. The van der Waals surface area contributed by atoms with Crippen LogP contribution < -0.4 is 5.43 Å². The first-order valence-corrected chi connectivity index (χ1v) is 7.15. The van der Waals surface area contributed by atoms with Crippen molar-refractivity contribution in [2.45, 2.75) is 6.92 Å². The summed E-state index contributed by atoms with van der Waals surface area (Å²) in [7, 11) is 0. The number of carbonyl (C=O) groups excluding carboxylic acids is 1. The molecule has 0 spiro atoms. The quantitative estimate of drug-likeness (QED) is 0.727. The number of rotatable bonds is 2. The van der Waals surface area contributed by atoms with E-state index in [0.29, 0.717) is 16.6 Å². The zero-order valence-electron chi connectivity index (χ0n) is 11.2. The number of ketones is 1. The van der Waals surface area contributed by atoms with Gasteiger partial charge in [0.25, 0.3) is 0 Å². The van der Waals surface area contributed by atoms with Crippen LogP contribution in [-0.2, 0) is 0 Å². The van der Waals surface area contributed by atoms with Crippen molar-refractivity contribution in [1.82, 2.24) is 9.97 Å². The van der Waals surface area contributed by atoms with Crippen LogP contribution in [0.3, 0.4) is 0 Å². The number of benzene rings is 1. The zero-order valence-corrected chi connectivity index (χ0v) is 12.8. The minimum absolute atomic E-state index is 0.121. The van der Waals surface area contributed by atoms with Crippen LogP contribution in [0, 0.1) is 6.92 Å². The Morgan fingerprint density at radius 1 is 1.14 bits per heavy atom. The Bertz CT molecular complexity index is 898. The van der Waals surface area contributed by atoms with Gasteiger partial charge in [-0.1, -0.05) is 15.9 Å². The third kappa shape index (κ3) is 2.52. The monoisotopic (exact) mass is 342 g/mol. The maximum atomic E-state index is 12.4. The van der Waals surface area contributed by atoms with E-state index in [1.54, 1.807) is 36.4 Å². The molecule has 3 rings (SSSR count). The van der Waals surface area contributed by atoms with Crippen LogP contribution >= 0.6 is 15.9 Å². The van der Waals surface area contributed by atoms with E-state index in [2.05, 4.69) is 25.9 Å². The fourth-order valence-electron chi connectivity index (χ4n) is 2.13. The molecule has 21 heavy (non-hydrogen) atoms. The van der Waals surface area contributed by atoms with Crippen molar-refractivity contribution in [2.24, 2.45) is 0 Å². The number of pyridine rings is 2. The van der Waals surface area contributed by atoms with E-state index in [4.69, 9.17) is 0 Å². The number of nitrogens with zero attached hydrogens (tertiary/aromatic N) is 1. The summed E-state index contributed by atoms with van der Waals surface area (Å²) in [6.45, 7) is 1.85. The Hall–Kier alpha value is -2.27. The van der Waals surface area contributed by atoms with Gasteiger partial charge in [0.1, 0.15) is 5.65 Å². The van der Waals surface area contributed by atoms with Crippen LogP contribution in [0.1, 0.15) is 21.6 Å². The summed E-state index contributed by atoms with van der Waals surface area (Å²) in [4.78, 5) is 32.0. The normalized spacial score (nSPS) is 10.8. The van der Waals surface area contributed by atoms with Crippen LogP contribution in [0.4, 0.5) is 0 Å². The van der Waals surface area contributed by atoms with E-state index >= 15 is 0 Å². The minimum atomic E-state index is -0.302. The van der Waals surface area contributed by atoms with E-state index in [1.807, 2.05) is 6.92 Å². The van der Waals surface area contributed by atoms with E-state index in [-0.39, 0.29) is 16.8 Å². The summed E-state index contributed by atoms with van der Waals surface area (Å²) >= 11 is 3.32. The number of aryl methyl sites for hydroxylation is 1. The van der Waals surface area contributed by atoms with Gasteiger partial charge < -0.3 is 4.98 Å². The molecule has 0 amide bonds. The molecule has 2 heterocycles. The second-order valence-corrected chi connectivity index (χ2v) is 5.63. The molecule has 0 radical (unpaired) electrons. The fourth-order valence-corrected chi connectivity index (χ4v) is 2.39. The number of aromatic amines is 1. The molecule has 104 valence electrons. The van der Waals surface area contributed by atoms with Gasteiger partial charge in [-0.2, -0.15) is 0 Å². The highest BCUT2D eigenvalue weighted by atomic mass is 79.9. The van der Waals surface area contributed by atoms with Gasteiger partial charge in [-0.3, -0.25) is 9.59 Å². The van der Waals surface area contributed by atoms with Crippen molar-refractivity contribution in [1.29, 1.82) is 0 Å². The molecule has 0 aliphatic heterocycles. The summed E-state index contributed by atoms with van der Waals surface area (Å²) in [6.07, 6.45) is 1.43.